The second-order valence-corrected chi connectivity index (χ2v) is 8.33. The lowest BCUT2D eigenvalue weighted by Crippen LogP contribution is -2.18. The number of hydrogen-bond acceptors (Lipinski definition) is 3. The topological polar surface area (TPSA) is 38.7 Å². The van der Waals surface area contributed by atoms with Gasteiger partial charge in [0, 0.05) is 5.56 Å². The van der Waals surface area contributed by atoms with E-state index in [1.54, 1.807) is 0 Å². The molecule has 3 nitrogen and oxygen atoms in total. The van der Waals surface area contributed by atoms with E-state index in [0.29, 0.717) is 6.61 Å². The third-order valence-corrected chi connectivity index (χ3v) is 4.19. The first kappa shape index (κ1) is 18.4. The van der Waals surface area contributed by atoms with Crippen molar-refractivity contribution in [3.63, 3.8) is 0 Å². The minimum absolute atomic E-state index is 0.0641. The van der Waals surface area contributed by atoms with Crippen LogP contribution in [-0.2, 0) is 15.4 Å². The molecule has 0 radical (unpaired) electrons. The van der Waals surface area contributed by atoms with Gasteiger partial charge in [-0.2, -0.15) is 0 Å². The second kappa shape index (κ2) is 6.64. The zero-order valence-corrected chi connectivity index (χ0v) is 15.5. The summed E-state index contributed by atoms with van der Waals surface area (Å²) in [5.74, 6) is 0.718. The Balaban J connectivity index is 3.34. The van der Waals surface area contributed by atoms with Crippen LogP contribution in [0.3, 0.4) is 0 Å². The zero-order valence-electron chi connectivity index (χ0n) is 14.6. The Hall–Kier alpha value is -0.630. The van der Waals surface area contributed by atoms with Crippen molar-refractivity contribution in [2.24, 2.45) is 0 Å². The molecule has 0 amide bonds. The van der Waals surface area contributed by atoms with E-state index in [1.807, 2.05) is 13.0 Å². The van der Waals surface area contributed by atoms with E-state index in [4.69, 9.17) is 9.05 Å². The lowest BCUT2D eigenvalue weighted by molar-refractivity contribution is 0.273. The van der Waals surface area contributed by atoms with Crippen molar-refractivity contribution in [3.05, 3.63) is 28.8 Å². The zero-order chi connectivity index (χ0) is 16.4. The van der Waals surface area contributed by atoms with E-state index < -0.39 is 8.60 Å². The fraction of sp³-hybridized carbons (Fsp3) is 0.647. The summed E-state index contributed by atoms with van der Waals surface area (Å²) in [6, 6.07) is 4.23. The Morgan fingerprint density at radius 1 is 1.00 bits per heavy atom. The van der Waals surface area contributed by atoms with E-state index in [9.17, 15) is 4.89 Å². The molecule has 0 aliphatic carbocycles. The molecule has 1 rings (SSSR count). The Morgan fingerprint density at radius 3 is 1.95 bits per heavy atom. The SMILES string of the molecule is CCOP(O)Oc1cc(C)c(C(C)(C)C)cc1C(C)(C)C. The maximum atomic E-state index is 9.83. The van der Waals surface area contributed by atoms with Crippen molar-refractivity contribution in [1.82, 2.24) is 0 Å². The average Bonchev–Trinajstić information content (AvgIpc) is 2.25. The Kier molecular flexibility index (Phi) is 5.83. The highest BCUT2D eigenvalue weighted by molar-refractivity contribution is 7.41. The fourth-order valence-corrected chi connectivity index (χ4v) is 2.96. The largest absolute Gasteiger partial charge is 0.427 e. The fourth-order valence-electron chi connectivity index (χ4n) is 2.37. The van der Waals surface area contributed by atoms with Crippen LogP contribution in [0, 0.1) is 6.92 Å². The van der Waals surface area contributed by atoms with Gasteiger partial charge in [-0.05, 0) is 41.9 Å². The van der Waals surface area contributed by atoms with Crippen LogP contribution < -0.4 is 4.52 Å². The maximum Gasteiger partial charge on any atom is 0.394 e. The number of rotatable bonds is 4. The molecular weight excluding hydrogens is 283 g/mol. The lowest BCUT2D eigenvalue weighted by atomic mass is 9.78. The van der Waals surface area contributed by atoms with Crippen LogP contribution in [0.2, 0.25) is 0 Å². The Labute approximate surface area is 130 Å². The predicted octanol–water partition coefficient (Wildman–Crippen LogP) is 5.22. The molecule has 0 aliphatic rings. The van der Waals surface area contributed by atoms with Crippen molar-refractivity contribution in [2.45, 2.75) is 66.2 Å². The smallest absolute Gasteiger partial charge is 0.394 e. The van der Waals surface area contributed by atoms with Crippen LogP contribution in [0.5, 0.6) is 5.75 Å². The molecular formula is C17H29O3P. The summed E-state index contributed by atoms with van der Waals surface area (Å²) < 4.78 is 10.8. The van der Waals surface area contributed by atoms with Gasteiger partial charge in [-0.25, -0.2) is 0 Å². The van der Waals surface area contributed by atoms with Gasteiger partial charge in [-0.15, -0.1) is 0 Å². The van der Waals surface area contributed by atoms with E-state index in [-0.39, 0.29) is 10.8 Å². The van der Waals surface area contributed by atoms with Crippen molar-refractivity contribution < 1.29 is 13.9 Å². The van der Waals surface area contributed by atoms with Crippen LogP contribution in [0.25, 0.3) is 0 Å². The van der Waals surface area contributed by atoms with Crippen LogP contribution in [0.1, 0.15) is 65.2 Å². The molecule has 0 saturated carbocycles. The molecule has 4 heteroatoms. The molecule has 1 unspecified atom stereocenters. The van der Waals surface area contributed by atoms with E-state index >= 15 is 0 Å². The van der Waals surface area contributed by atoms with Gasteiger partial charge in [-0.1, -0.05) is 47.6 Å². The molecule has 0 spiro atoms. The highest BCUT2D eigenvalue weighted by Gasteiger charge is 2.26. The molecule has 1 atom stereocenters. The number of hydrogen-bond donors (Lipinski definition) is 1. The number of benzene rings is 1. The molecule has 0 bridgehead atoms. The van der Waals surface area contributed by atoms with E-state index in [1.165, 1.54) is 11.1 Å². The summed E-state index contributed by atoms with van der Waals surface area (Å²) in [6.45, 7) is 17.4. The summed E-state index contributed by atoms with van der Waals surface area (Å²) in [5, 5.41) is 0. The second-order valence-electron chi connectivity index (χ2n) is 7.41. The van der Waals surface area contributed by atoms with Crippen molar-refractivity contribution in [2.75, 3.05) is 6.61 Å². The Morgan fingerprint density at radius 2 is 1.52 bits per heavy atom. The van der Waals surface area contributed by atoms with Crippen molar-refractivity contribution >= 4 is 8.60 Å². The lowest BCUT2D eigenvalue weighted by Gasteiger charge is -2.29. The third-order valence-electron chi connectivity index (χ3n) is 3.36. The Bertz CT molecular complexity index is 484. The average molecular weight is 312 g/mol. The molecule has 1 N–H and O–H groups in total. The molecule has 1 aromatic carbocycles. The summed E-state index contributed by atoms with van der Waals surface area (Å²) in [4.78, 5) is 9.83. The normalized spacial score (nSPS) is 14.1. The van der Waals surface area contributed by atoms with Crippen LogP contribution in [0.4, 0.5) is 0 Å². The molecule has 0 saturated heterocycles. The van der Waals surface area contributed by atoms with Gasteiger partial charge in [0.25, 0.3) is 0 Å². The van der Waals surface area contributed by atoms with E-state index in [2.05, 4.69) is 54.5 Å². The molecule has 1 aromatic rings. The first-order chi connectivity index (χ1) is 9.46. The quantitative estimate of drug-likeness (QED) is 0.774. The molecule has 0 aromatic heterocycles. The minimum atomic E-state index is -1.87. The predicted molar refractivity (Wildman–Crippen MR) is 90.0 cm³/mol. The molecule has 0 heterocycles. The minimum Gasteiger partial charge on any atom is -0.427 e. The highest BCUT2D eigenvalue weighted by Crippen LogP contribution is 2.43. The van der Waals surface area contributed by atoms with Gasteiger partial charge < -0.3 is 13.9 Å². The van der Waals surface area contributed by atoms with Crippen molar-refractivity contribution in [1.29, 1.82) is 0 Å². The summed E-state index contributed by atoms with van der Waals surface area (Å²) >= 11 is 0. The van der Waals surface area contributed by atoms with Gasteiger partial charge in [0.05, 0.1) is 6.61 Å². The molecule has 120 valence electrons. The summed E-state index contributed by atoms with van der Waals surface area (Å²) in [7, 11) is -1.87. The van der Waals surface area contributed by atoms with Gasteiger partial charge in [-0.3, -0.25) is 0 Å². The highest BCUT2D eigenvalue weighted by atomic mass is 31.2. The van der Waals surface area contributed by atoms with Gasteiger partial charge >= 0.3 is 8.60 Å². The number of aryl methyl sites for hydroxylation is 1. The van der Waals surface area contributed by atoms with Crippen LogP contribution in [-0.4, -0.2) is 11.5 Å². The van der Waals surface area contributed by atoms with Gasteiger partial charge in [0.1, 0.15) is 5.75 Å². The van der Waals surface area contributed by atoms with Gasteiger partial charge in [0.2, 0.25) is 0 Å². The summed E-state index contributed by atoms with van der Waals surface area (Å²) in [6.07, 6.45) is 0. The molecule has 0 fully saturated rings. The van der Waals surface area contributed by atoms with Crippen LogP contribution in [0.15, 0.2) is 12.1 Å². The third kappa shape index (κ3) is 4.95. The van der Waals surface area contributed by atoms with Crippen molar-refractivity contribution in [3.8, 4) is 5.75 Å². The first-order valence-electron chi connectivity index (χ1n) is 7.42. The standard InChI is InChI=1S/C17H29O3P/c1-9-19-21(18)20-15-10-12(2)13(16(3,4)5)11-14(15)17(6,7)8/h10-11,18H,9H2,1-8H3. The van der Waals surface area contributed by atoms with Gasteiger partial charge in [0.15, 0.2) is 0 Å². The first-order valence-corrected chi connectivity index (χ1v) is 8.55. The monoisotopic (exact) mass is 312 g/mol. The summed E-state index contributed by atoms with van der Waals surface area (Å²) in [5.41, 5.74) is 3.58. The van der Waals surface area contributed by atoms with Crippen LogP contribution >= 0.6 is 8.60 Å². The maximum absolute atomic E-state index is 9.83. The molecule has 21 heavy (non-hydrogen) atoms. The molecule has 0 aliphatic heterocycles. The van der Waals surface area contributed by atoms with E-state index in [0.717, 1.165) is 11.3 Å².